The summed E-state index contributed by atoms with van der Waals surface area (Å²) in [5.74, 6) is 0.222. The van der Waals surface area contributed by atoms with Gasteiger partial charge in [0.15, 0.2) is 0 Å². The number of carbonyl (C=O) groups is 2. The van der Waals surface area contributed by atoms with Gasteiger partial charge >= 0.3 is 0 Å². The zero-order valence-corrected chi connectivity index (χ0v) is 14.2. The summed E-state index contributed by atoms with van der Waals surface area (Å²) in [5.41, 5.74) is 1.67. The maximum absolute atomic E-state index is 12.1. The molecule has 0 saturated heterocycles. The third kappa shape index (κ3) is 5.51. The first-order valence-electron chi connectivity index (χ1n) is 8.07. The van der Waals surface area contributed by atoms with Crippen LogP contribution in [0.1, 0.15) is 55.5 Å². The molecule has 4 nitrogen and oxygen atoms in total. The molecule has 0 heterocycles. The fraction of sp³-hybridized carbons (Fsp3) is 0.556. The summed E-state index contributed by atoms with van der Waals surface area (Å²) >= 11 is 0. The maximum atomic E-state index is 12.1. The number of amides is 2. The van der Waals surface area contributed by atoms with E-state index < -0.39 is 0 Å². The third-order valence-corrected chi connectivity index (χ3v) is 3.84. The number of benzene rings is 1. The van der Waals surface area contributed by atoms with Crippen LogP contribution in [0, 0.1) is 5.92 Å². The fourth-order valence-electron chi connectivity index (χ4n) is 2.33. The van der Waals surface area contributed by atoms with Crippen LogP contribution in [0.25, 0.3) is 0 Å². The molecule has 4 heteroatoms. The van der Waals surface area contributed by atoms with Gasteiger partial charge in [-0.3, -0.25) is 9.59 Å². The van der Waals surface area contributed by atoms with Gasteiger partial charge in [0.05, 0.1) is 0 Å². The molecule has 1 N–H and O–H groups in total. The van der Waals surface area contributed by atoms with E-state index in [1.54, 1.807) is 31.1 Å². The highest BCUT2D eigenvalue weighted by Gasteiger charge is 2.15. The van der Waals surface area contributed by atoms with Gasteiger partial charge in [-0.25, -0.2) is 0 Å². The number of hydrogen-bond acceptors (Lipinski definition) is 2. The molecule has 0 bridgehead atoms. The Morgan fingerprint density at radius 3 is 2.27 bits per heavy atom. The molecule has 1 aromatic carbocycles. The van der Waals surface area contributed by atoms with Crippen LogP contribution in [0.3, 0.4) is 0 Å². The average Bonchev–Trinajstić information content (AvgIpc) is 2.53. The smallest absolute Gasteiger partial charge is 0.253 e. The summed E-state index contributed by atoms with van der Waals surface area (Å²) in [5, 5.41) is 3.00. The third-order valence-electron chi connectivity index (χ3n) is 3.84. The summed E-state index contributed by atoms with van der Waals surface area (Å²) in [6, 6.07) is 7.39. The number of carbonyl (C=O) groups excluding carboxylic acids is 2. The van der Waals surface area contributed by atoms with Crippen LogP contribution in [0.4, 0.5) is 0 Å². The van der Waals surface area contributed by atoms with Crippen molar-refractivity contribution in [2.24, 2.45) is 5.92 Å². The van der Waals surface area contributed by atoms with Crippen LogP contribution < -0.4 is 5.32 Å². The van der Waals surface area contributed by atoms with Crippen LogP contribution in [0.15, 0.2) is 24.3 Å². The molecule has 0 aliphatic rings. The molecule has 0 aliphatic heterocycles. The molecule has 1 unspecified atom stereocenters. The minimum Gasteiger partial charge on any atom is -0.352 e. The molecule has 0 aromatic heterocycles. The molecule has 0 aliphatic carbocycles. The second-order valence-electron chi connectivity index (χ2n) is 5.86. The summed E-state index contributed by atoms with van der Waals surface area (Å²) in [7, 11) is 3.47. The van der Waals surface area contributed by atoms with Gasteiger partial charge in [-0.2, -0.15) is 0 Å². The molecular weight excluding hydrogens is 276 g/mol. The van der Waals surface area contributed by atoms with Crippen molar-refractivity contribution in [3.63, 3.8) is 0 Å². The summed E-state index contributed by atoms with van der Waals surface area (Å²) in [6.45, 7) is 4.71. The van der Waals surface area contributed by atoms with Gasteiger partial charge in [-0.05, 0) is 30.5 Å². The second-order valence-corrected chi connectivity index (χ2v) is 5.86. The Kier molecular flexibility index (Phi) is 7.64. The van der Waals surface area contributed by atoms with E-state index in [2.05, 4.69) is 19.2 Å². The molecule has 0 spiro atoms. The van der Waals surface area contributed by atoms with Gasteiger partial charge in [-0.1, -0.05) is 38.8 Å². The van der Waals surface area contributed by atoms with Crippen molar-refractivity contribution < 1.29 is 9.59 Å². The van der Waals surface area contributed by atoms with Crippen molar-refractivity contribution in [1.82, 2.24) is 10.2 Å². The fourth-order valence-corrected chi connectivity index (χ4v) is 2.33. The SMILES string of the molecule is CCCCC(CC)C(=O)NCc1ccc(C(=O)N(C)C)cc1. The highest BCUT2D eigenvalue weighted by atomic mass is 16.2. The van der Waals surface area contributed by atoms with Crippen molar-refractivity contribution in [3.8, 4) is 0 Å². The van der Waals surface area contributed by atoms with E-state index in [1.165, 1.54) is 0 Å². The van der Waals surface area contributed by atoms with Crippen LogP contribution in [-0.2, 0) is 11.3 Å². The lowest BCUT2D eigenvalue weighted by Gasteiger charge is -2.15. The summed E-state index contributed by atoms with van der Waals surface area (Å²) in [6.07, 6.45) is 4.04. The quantitative estimate of drug-likeness (QED) is 0.801. The molecular formula is C18H28N2O2. The molecule has 0 saturated carbocycles. The molecule has 0 fully saturated rings. The van der Waals surface area contributed by atoms with Gasteiger partial charge in [-0.15, -0.1) is 0 Å². The largest absolute Gasteiger partial charge is 0.352 e. The predicted molar refractivity (Wildman–Crippen MR) is 89.6 cm³/mol. The molecule has 1 aromatic rings. The number of hydrogen-bond donors (Lipinski definition) is 1. The Bertz CT molecular complexity index is 480. The average molecular weight is 304 g/mol. The summed E-state index contributed by atoms with van der Waals surface area (Å²) in [4.78, 5) is 25.5. The Labute approximate surface area is 133 Å². The molecule has 1 rings (SSSR count). The van der Waals surface area contributed by atoms with Gasteiger partial charge in [0, 0.05) is 32.1 Å². The lowest BCUT2D eigenvalue weighted by Crippen LogP contribution is -2.30. The first-order valence-corrected chi connectivity index (χ1v) is 8.07. The van der Waals surface area contributed by atoms with Crippen molar-refractivity contribution in [3.05, 3.63) is 35.4 Å². The van der Waals surface area contributed by atoms with Crippen LogP contribution in [0.5, 0.6) is 0 Å². The van der Waals surface area contributed by atoms with Gasteiger partial charge in [0.1, 0.15) is 0 Å². The zero-order valence-electron chi connectivity index (χ0n) is 14.2. The monoisotopic (exact) mass is 304 g/mol. The van der Waals surface area contributed by atoms with E-state index in [0.717, 1.165) is 31.2 Å². The van der Waals surface area contributed by atoms with Crippen molar-refractivity contribution in [2.45, 2.75) is 46.1 Å². The van der Waals surface area contributed by atoms with E-state index in [4.69, 9.17) is 0 Å². The van der Waals surface area contributed by atoms with Crippen molar-refractivity contribution >= 4 is 11.8 Å². The number of unbranched alkanes of at least 4 members (excludes halogenated alkanes) is 1. The lowest BCUT2D eigenvalue weighted by molar-refractivity contribution is -0.125. The van der Waals surface area contributed by atoms with Gasteiger partial charge in [0.2, 0.25) is 5.91 Å². The van der Waals surface area contributed by atoms with E-state index in [-0.39, 0.29) is 17.7 Å². The number of nitrogens with one attached hydrogen (secondary N) is 1. The minimum absolute atomic E-state index is 0.0128. The minimum atomic E-state index is -0.0128. The van der Waals surface area contributed by atoms with E-state index in [9.17, 15) is 9.59 Å². The first-order chi connectivity index (χ1) is 10.5. The molecule has 122 valence electrons. The van der Waals surface area contributed by atoms with E-state index >= 15 is 0 Å². The Balaban J connectivity index is 2.54. The first kappa shape index (κ1) is 18.2. The highest BCUT2D eigenvalue weighted by Crippen LogP contribution is 2.13. The molecule has 22 heavy (non-hydrogen) atoms. The van der Waals surface area contributed by atoms with E-state index in [1.807, 2.05) is 12.1 Å². The predicted octanol–water partition coefficient (Wildman–Crippen LogP) is 3.22. The van der Waals surface area contributed by atoms with Crippen molar-refractivity contribution in [1.29, 1.82) is 0 Å². The Morgan fingerprint density at radius 2 is 1.77 bits per heavy atom. The van der Waals surface area contributed by atoms with Crippen LogP contribution >= 0.6 is 0 Å². The van der Waals surface area contributed by atoms with Crippen LogP contribution in [-0.4, -0.2) is 30.8 Å². The normalized spacial score (nSPS) is 11.8. The topological polar surface area (TPSA) is 49.4 Å². The second kappa shape index (κ2) is 9.23. The number of rotatable bonds is 8. The molecule has 0 radical (unpaired) electrons. The van der Waals surface area contributed by atoms with Crippen LogP contribution in [0.2, 0.25) is 0 Å². The Hall–Kier alpha value is -1.84. The summed E-state index contributed by atoms with van der Waals surface area (Å²) < 4.78 is 0. The molecule has 1 atom stereocenters. The van der Waals surface area contributed by atoms with E-state index in [0.29, 0.717) is 12.1 Å². The zero-order chi connectivity index (χ0) is 16.5. The maximum Gasteiger partial charge on any atom is 0.253 e. The van der Waals surface area contributed by atoms with Gasteiger partial charge < -0.3 is 10.2 Å². The van der Waals surface area contributed by atoms with Crippen molar-refractivity contribution in [2.75, 3.05) is 14.1 Å². The lowest BCUT2D eigenvalue weighted by atomic mass is 9.98. The standard InChI is InChI=1S/C18H28N2O2/c1-5-7-8-15(6-2)17(21)19-13-14-9-11-16(12-10-14)18(22)20(3)4/h9-12,15H,5-8,13H2,1-4H3,(H,19,21). The highest BCUT2D eigenvalue weighted by molar-refractivity contribution is 5.93. The number of nitrogens with zero attached hydrogens (tertiary/aromatic N) is 1. The van der Waals surface area contributed by atoms with Gasteiger partial charge in [0.25, 0.3) is 5.91 Å². The molecule has 2 amide bonds. The Morgan fingerprint density at radius 1 is 1.14 bits per heavy atom.